The van der Waals surface area contributed by atoms with Gasteiger partial charge in [-0.25, -0.2) is 18.2 Å². The highest BCUT2D eigenvalue weighted by Crippen LogP contribution is 2.45. The maximum Gasteiger partial charge on any atom is 0.319 e. The number of β-amino-alcohol motifs (C(OH)–C–C–N with tert-alkyl or cyclic N) is 1. The van der Waals surface area contributed by atoms with Crippen molar-refractivity contribution in [1.29, 1.82) is 5.26 Å². The summed E-state index contributed by atoms with van der Waals surface area (Å²) in [5.41, 5.74) is -1.28. The average Bonchev–Trinajstić information content (AvgIpc) is 3.69. The van der Waals surface area contributed by atoms with Gasteiger partial charge in [0.15, 0.2) is 5.82 Å². The number of piperidine rings is 1. The Kier molecular flexibility index (Phi) is 7.97. The van der Waals surface area contributed by atoms with Crippen LogP contribution in [0.4, 0.5) is 24.0 Å². The molecule has 0 radical (unpaired) electrons. The predicted octanol–water partition coefficient (Wildman–Crippen LogP) is 5.58. The van der Waals surface area contributed by atoms with Crippen molar-refractivity contribution in [3.05, 3.63) is 35.5 Å². The number of benzene rings is 1. The minimum Gasteiger partial charge on any atom is -0.461 e. The van der Waals surface area contributed by atoms with Gasteiger partial charge in [-0.3, -0.25) is 9.88 Å². The van der Waals surface area contributed by atoms with Crippen molar-refractivity contribution in [2.24, 2.45) is 4.99 Å². The van der Waals surface area contributed by atoms with Crippen LogP contribution < -0.4 is 9.64 Å². The van der Waals surface area contributed by atoms with Crippen LogP contribution in [0.5, 0.6) is 6.01 Å². The zero-order chi connectivity index (χ0) is 33.1. The Bertz CT molecular complexity index is 1940. The van der Waals surface area contributed by atoms with Crippen molar-refractivity contribution in [2.75, 3.05) is 51.8 Å². The number of ether oxygens (including phenoxy) is 1. The summed E-state index contributed by atoms with van der Waals surface area (Å²) in [4.78, 5) is 23.8. The van der Waals surface area contributed by atoms with Gasteiger partial charge in [0.1, 0.15) is 46.7 Å². The van der Waals surface area contributed by atoms with E-state index in [0.717, 1.165) is 30.7 Å². The summed E-state index contributed by atoms with van der Waals surface area (Å²) in [6, 6.07) is 4.70. The molecule has 0 amide bonds. The lowest BCUT2D eigenvalue weighted by atomic mass is 9.95. The Morgan fingerprint density at radius 3 is 2.81 bits per heavy atom. The maximum atomic E-state index is 16.8. The summed E-state index contributed by atoms with van der Waals surface area (Å²) in [6.07, 6.45) is 5.43. The number of aliphatic hydroxyl groups is 1. The van der Waals surface area contributed by atoms with Gasteiger partial charge in [0.2, 0.25) is 0 Å². The quantitative estimate of drug-likeness (QED) is 0.200. The fourth-order valence-corrected chi connectivity index (χ4v) is 8.31. The van der Waals surface area contributed by atoms with Crippen LogP contribution in [0.25, 0.3) is 32.2 Å². The number of pyridine rings is 1. The zero-order valence-electron chi connectivity index (χ0n) is 26.4. The van der Waals surface area contributed by atoms with Gasteiger partial charge in [-0.15, -0.1) is 11.3 Å². The summed E-state index contributed by atoms with van der Waals surface area (Å²) < 4.78 is 52.7. The first-order chi connectivity index (χ1) is 22.5. The fraction of sp³-hybridized carbons (Fsp3) is 0.485. The molecule has 0 bridgehead atoms. The molecule has 3 aliphatic heterocycles. The molecule has 47 heavy (non-hydrogen) atoms. The van der Waals surface area contributed by atoms with E-state index in [4.69, 9.17) is 9.72 Å². The number of alkyl halides is 1. The van der Waals surface area contributed by atoms with Gasteiger partial charge in [-0.05, 0) is 51.3 Å². The molecule has 0 unspecified atom stereocenters. The molecule has 6 heterocycles. The van der Waals surface area contributed by atoms with Crippen LogP contribution in [0.1, 0.15) is 44.6 Å². The maximum absolute atomic E-state index is 16.8. The molecule has 3 aliphatic rings. The zero-order valence-corrected chi connectivity index (χ0v) is 27.2. The van der Waals surface area contributed by atoms with E-state index in [1.54, 1.807) is 25.9 Å². The van der Waals surface area contributed by atoms with Gasteiger partial charge in [-0.2, -0.15) is 15.2 Å². The molecule has 1 aromatic carbocycles. The first kappa shape index (κ1) is 31.5. The molecule has 0 saturated carbocycles. The van der Waals surface area contributed by atoms with Gasteiger partial charge in [-0.1, -0.05) is 0 Å². The highest BCUT2D eigenvalue weighted by atomic mass is 32.1. The van der Waals surface area contributed by atoms with Crippen LogP contribution in [0.3, 0.4) is 0 Å². The second-order valence-electron chi connectivity index (χ2n) is 13.3. The summed E-state index contributed by atoms with van der Waals surface area (Å²) in [6.45, 7) is 3.90. The molecular weight excluding hydrogens is 629 g/mol. The predicted molar refractivity (Wildman–Crippen MR) is 175 cm³/mol. The Hall–Kier alpha value is -4.06. The summed E-state index contributed by atoms with van der Waals surface area (Å²) in [7, 11) is 3.55. The molecule has 3 atom stereocenters. The molecule has 3 saturated heterocycles. The molecule has 3 aromatic heterocycles. The molecule has 4 aromatic rings. The third-order valence-corrected chi connectivity index (χ3v) is 10.5. The van der Waals surface area contributed by atoms with E-state index in [1.165, 1.54) is 24.7 Å². The molecule has 3 fully saturated rings. The Labute approximate surface area is 274 Å². The van der Waals surface area contributed by atoms with Crippen molar-refractivity contribution in [3.8, 4) is 23.3 Å². The summed E-state index contributed by atoms with van der Waals surface area (Å²) in [5.74, 6) is -0.972. The minimum absolute atomic E-state index is 0.0601. The van der Waals surface area contributed by atoms with Crippen LogP contribution in [-0.2, 0) is 0 Å². The van der Waals surface area contributed by atoms with Gasteiger partial charge < -0.3 is 19.6 Å². The van der Waals surface area contributed by atoms with E-state index < -0.39 is 28.9 Å². The van der Waals surface area contributed by atoms with Crippen molar-refractivity contribution >= 4 is 49.5 Å². The van der Waals surface area contributed by atoms with E-state index in [0.29, 0.717) is 48.6 Å². The number of hydrogen-bond acceptors (Lipinski definition) is 10. The molecule has 14 heteroatoms. The van der Waals surface area contributed by atoms with Crippen molar-refractivity contribution in [2.45, 2.75) is 56.3 Å². The number of fused-ring (bicyclic) bond motifs is 3. The second-order valence-corrected chi connectivity index (χ2v) is 14.3. The van der Waals surface area contributed by atoms with E-state index in [9.17, 15) is 14.8 Å². The van der Waals surface area contributed by atoms with Crippen molar-refractivity contribution < 1.29 is 23.0 Å². The number of rotatable bonds is 7. The second kappa shape index (κ2) is 11.9. The Morgan fingerprint density at radius 2 is 2.04 bits per heavy atom. The van der Waals surface area contributed by atoms with Crippen molar-refractivity contribution in [3.63, 3.8) is 0 Å². The summed E-state index contributed by atoms with van der Waals surface area (Å²) >= 11 is 1.01. The molecule has 1 N–H and O–H groups in total. The van der Waals surface area contributed by atoms with Crippen LogP contribution >= 0.6 is 11.3 Å². The number of aliphatic imine (C=N–C) groups is 1. The Balaban J connectivity index is 1.37. The van der Waals surface area contributed by atoms with Crippen LogP contribution in [0, 0.1) is 23.0 Å². The molecule has 7 rings (SSSR count). The van der Waals surface area contributed by atoms with Crippen LogP contribution in [0.2, 0.25) is 0 Å². The monoisotopic (exact) mass is 664 g/mol. The smallest absolute Gasteiger partial charge is 0.319 e. The standard InChI is InChI=1S/C33H35F3N8O2S/c1-32(45)8-4-10-43(16-32)29-22-14-38-26(20-6-7-23(35)28-24(20)21(13-37)30(47-28)39-18-42(2)3)25(36)27(22)40-31(41-29)46-17-33-9-5-11-44(33)15-19(34)12-33/h6-7,14,18-19,45H,4-5,8-12,15-17H2,1-3H3/b39-18+/t19-,32-,33+/m1/s1. The first-order valence-electron chi connectivity index (χ1n) is 15.7. The van der Waals surface area contributed by atoms with E-state index in [1.807, 2.05) is 4.90 Å². The normalized spacial score (nSPS) is 24.8. The number of anilines is 1. The van der Waals surface area contributed by atoms with Crippen molar-refractivity contribution in [1.82, 2.24) is 24.8 Å². The van der Waals surface area contributed by atoms with Gasteiger partial charge >= 0.3 is 6.01 Å². The molecular formula is C33H35F3N8O2S. The van der Waals surface area contributed by atoms with Gasteiger partial charge in [0.05, 0.1) is 33.1 Å². The fourth-order valence-electron chi connectivity index (χ4n) is 7.28. The Morgan fingerprint density at radius 1 is 1.23 bits per heavy atom. The number of halogens is 3. The van der Waals surface area contributed by atoms with Gasteiger partial charge in [0, 0.05) is 57.3 Å². The van der Waals surface area contributed by atoms with E-state index >= 15 is 8.78 Å². The first-order valence-corrected chi connectivity index (χ1v) is 16.5. The number of hydrogen-bond donors (Lipinski definition) is 1. The molecule has 246 valence electrons. The molecule has 0 aliphatic carbocycles. The topological polar surface area (TPSA) is 114 Å². The third-order valence-electron chi connectivity index (χ3n) is 9.39. The summed E-state index contributed by atoms with van der Waals surface area (Å²) in [5, 5.41) is 21.8. The van der Waals surface area contributed by atoms with Gasteiger partial charge in [0.25, 0.3) is 0 Å². The number of aromatic nitrogens is 3. The number of nitrogens with zero attached hydrogens (tertiary/aromatic N) is 8. The third kappa shape index (κ3) is 5.64. The number of nitriles is 1. The number of thiophene rings is 1. The lowest BCUT2D eigenvalue weighted by Crippen LogP contribution is -2.46. The largest absolute Gasteiger partial charge is 0.461 e. The molecule has 10 nitrogen and oxygen atoms in total. The van der Waals surface area contributed by atoms with E-state index in [2.05, 4.69) is 25.9 Å². The molecule has 0 spiro atoms. The SMILES string of the molecule is CN(C)/C=N/c1sc2c(F)ccc(-c3ncc4c(N5CCC[C@@](C)(O)C5)nc(OC[C@@]56CCCN5C[C@H](F)C6)nc4c3F)c2c1C#N. The van der Waals surface area contributed by atoms with E-state index in [-0.39, 0.29) is 51.6 Å². The average molecular weight is 665 g/mol. The highest BCUT2D eigenvalue weighted by molar-refractivity contribution is 7.23. The lowest BCUT2D eigenvalue weighted by molar-refractivity contribution is 0.0447. The highest BCUT2D eigenvalue weighted by Gasteiger charge is 2.49. The van der Waals surface area contributed by atoms with Crippen LogP contribution in [-0.4, -0.2) is 100 Å². The minimum atomic E-state index is -0.981. The van der Waals surface area contributed by atoms with Crippen LogP contribution in [0.15, 0.2) is 23.3 Å². The lowest BCUT2D eigenvalue weighted by Gasteiger charge is -2.38.